The zero-order valence-corrected chi connectivity index (χ0v) is 14.2. The summed E-state index contributed by atoms with van der Waals surface area (Å²) in [5.74, 6) is 0. The summed E-state index contributed by atoms with van der Waals surface area (Å²) in [6.07, 6.45) is 1.12. The number of ether oxygens (including phenoxy) is 1. The minimum Gasteiger partial charge on any atom is -0.444 e. The van der Waals surface area contributed by atoms with Gasteiger partial charge in [0, 0.05) is 19.3 Å². The first-order valence-electron chi connectivity index (χ1n) is 6.80. The third-order valence-corrected chi connectivity index (χ3v) is 5.38. The average molecular weight is 348 g/mol. The van der Waals surface area contributed by atoms with Gasteiger partial charge in [0.1, 0.15) is 5.60 Å². The molecule has 1 aromatic heterocycles. The van der Waals surface area contributed by atoms with Crippen LogP contribution in [0.1, 0.15) is 27.2 Å². The number of hydrogen-bond donors (Lipinski definition) is 0. The lowest BCUT2D eigenvalue weighted by atomic mass is 10.2. The number of rotatable bonds is 2. The third-order valence-electron chi connectivity index (χ3n) is 3.13. The van der Waals surface area contributed by atoms with Crippen LogP contribution in [0.4, 0.5) is 4.79 Å². The summed E-state index contributed by atoms with van der Waals surface area (Å²) in [6, 6.07) is 1.30. The third kappa shape index (κ3) is 3.86. The van der Waals surface area contributed by atoms with E-state index in [-0.39, 0.29) is 16.9 Å². The maximum absolute atomic E-state index is 12.5. The van der Waals surface area contributed by atoms with Gasteiger partial charge in [0.2, 0.25) is 5.28 Å². The lowest BCUT2D eigenvalue weighted by Crippen LogP contribution is -2.36. The second-order valence-electron chi connectivity index (χ2n) is 6.05. The van der Waals surface area contributed by atoms with Crippen LogP contribution in [0.15, 0.2) is 17.3 Å². The van der Waals surface area contributed by atoms with E-state index < -0.39 is 26.8 Å². The summed E-state index contributed by atoms with van der Waals surface area (Å²) in [5.41, 5.74) is -0.617. The molecule has 1 aromatic rings. The zero-order valence-electron chi connectivity index (χ0n) is 12.6. The van der Waals surface area contributed by atoms with Gasteiger partial charge in [-0.25, -0.2) is 23.2 Å². The first kappa shape index (κ1) is 17.0. The van der Waals surface area contributed by atoms with Crippen LogP contribution in [0, 0.1) is 0 Å². The normalized spacial score (nSPS) is 19.3. The second-order valence-corrected chi connectivity index (χ2v) is 8.56. The van der Waals surface area contributed by atoms with Crippen LogP contribution >= 0.6 is 11.6 Å². The number of nitrogens with zero attached hydrogens (tertiary/aromatic N) is 3. The first-order chi connectivity index (χ1) is 10.1. The average Bonchev–Trinajstić information content (AvgIpc) is 2.87. The van der Waals surface area contributed by atoms with Crippen molar-refractivity contribution in [1.82, 2.24) is 14.9 Å². The Morgan fingerprint density at radius 1 is 1.45 bits per heavy atom. The Kier molecular flexibility index (Phi) is 4.62. The van der Waals surface area contributed by atoms with Crippen molar-refractivity contribution in [2.45, 2.75) is 43.1 Å². The fourth-order valence-electron chi connectivity index (χ4n) is 2.12. The molecule has 1 fully saturated rings. The largest absolute Gasteiger partial charge is 0.444 e. The number of aromatic nitrogens is 2. The van der Waals surface area contributed by atoms with Crippen molar-refractivity contribution in [3.8, 4) is 0 Å². The SMILES string of the molecule is CC(C)(C)OC(=O)N1CC[C@@H](S(=O)(=O)c2ccnc(Cl)n2)C1. The Bertz CT molecular complexity index is 672. The van der Waals surface area contributed by atoms with Gasteiger partial charge in [0.15, 0.2) is 14.9 Å². The Morgan fingerprint density at radius 3 is 2.73 bits per heavy atom. The summed E-state index contributed by atoms with van der Waals surface area (Å²) in [4.78, 5) is 20.8. The van der Waals surface area contributed by atoms with Gasteiger partial charge in [-0.2, -0.15) is 0 Å². The first-order valence-corrected chi connectivity index (χ1v) is 8.72. The Morgan fingerprint density at radius 2 is 2.14 bits per heavy atom. The molecule has 1 aliphatic rings. The lowest BCUT2D eigenvalue weighted by molar-refractivity contribution is 0.0295. The molecule has 1 saturated heterocycles. The van der Waals surface area contributed by atoms with E-state index >= 15 is 0 Å². The number of carbonyl (C=O) groups is 1. The van der Waals surface area contributed by atoms with Crippen molar-refractivity contribution >= 4 is 27.5 Å². The molecule has 1 amide bonds. The van der Waals surface area contributed by atoms with Gasteiger partial charge in [-0.15, -0.1) is 0 Å². The van der Waals surface area contributed by atoms with Crippen LogP contribution < -0.4 is 0 Å². The van der Waals surface area contributed by atoms with Crippen LogP contribution in [0.2, 0.25) is 5.28 Å². The molecule has 0 radical (unpaired) electrons. The molecule has 122 valence electrons. The van der Waals surface area contributed by atoms with Gasteiger partial charge in [0.05, 0.1) is 5.25 Å². The van der Waals surface area contributed by atoms with E-state index in [1.807, 2.05) is 0 Å². The smallest absolute Gasteiger partial charge is 0.410 e. The number of sulfone groups is 1. The van der Waals surface area contributed by atoms with Gasteiger partial charge >= 0.3 is 6.09 Å². The molecule has 2 heterocycles. The van der Waals surface area contributed by atoms with Crippen molar-refractivity contribution in [3.63, 3.8) is 0 Å². The van der Waals surface area contributed by atoms with Crippen LogP contribution in [0.25, 0.3) is 0 Å². The van der Waals surface area contributed by atoms with Crippen LogP contribution in [0.5, 0.6) is 0 Å². The molecule has 1 atom stereocenters. The van der Waals surface area contributed by atoms with E-state index in [0.29, 0.717) is 13.0 Å². The van der Waals surface area contributed by atoms with Crippen molar-refractivity contribution in [3.05, 3.63) is 17.5 Å². The fraction of sp³-hybridized carbons (Fsp3) is 0.615. The van der Waals surface area contributed by atoms with Crippen LogP contribution in [-0.2, 0) is 14.6 Å². The number of halogens is 1. The molecule has 7 nitrogen and oxygen atoms in total. The molecule has 0 saturated carbocycles. The van der Waals surface area contributed by atoms with Gasteiger partial charge in [-0.1, -0.05) is 0 Å². The van der Waals surface area contributed by atoms with Crippen LogP contribution in [0.3, 0.4) is 0 Å². The predicted molar refractivity (Wildman–Crippen MR) is 80.4 cm³/mol. The summed E-state index contributed by atoms with van der Waals surface area (Å²) in [7, 11) is -3.66. The molecule has 0 aromatic carbocycles. The monoisotopic (exact) mass is 347 g/mol. The number of hydrogen-bond acceptors (Lipinski definition) is 6. The maximum atomic E-state index is 12.5. The summed E-state index contributed by atoms with van der Waals surface area (Å²) < 4.78 is 30.3. The number of amides is 1. The highest BCUT2D eigenvalue weighted by Gasteiger charge is 2.38. The van der Waals surface area contributed by atoms with Crippen molar-refractivity contribution in [2.75, 3.05) is 13.1 Å². The molecule has 0 bridgehead atoms. The van der Waals surface area contributed by atoms with Crippen molar-refractivity contribution < 1.29 is 17.9 Å². The van der Waals surface area contributed by atoms with E-state index in [2.05, 4.69) is 9.97 Å². The molecular formula is C13H18ClN3O4S. The molecule has 9 heteroatoms. The minimum absolute atomic E-state index is 0.0822. The van der Waals surface area contributed by atoms with E-state index in [4.69, 9.17) is 16.3 Å². The highest BCUT2D eigenvalue weighted by atomic mass is 35.5. The van der Waals surface area contributed by atoms with Gasteiger partial charge < -0.3 is 9.64 Å². The van der Waals surface area contributed by atoms with Crippen LogP contribution in [-0.4, -0.2) is 53.3 Å². The lowest BCUT2D eigenvalue weighted by Gasteiger charge is -2.24. The second kappa shape index (κ2) is 6.00. The van der Waals surface area contributed by atoms with E-state index in [1.54, 1.807) is 20.8 Å². The summed E-state index contributed by atoms with van der Waals surface area (Å²) in [5, 5.41) is -0.961. The Hall–Kier alpha value is -1.41. The number of carbonyl (C=O) groups excluding carboxylic acids is 1. The molecule has 0 spiro atoms. The molecule has 0 N–H and O–H groups in total. The van der Waals surface area contributed by atoms with E-state index in [1.165, 1.54) is 17.2 Å². The summed E-state index contributed by atoms with van der Waals surface area (Å²) in [6.45, 7) is 5.70. The number of likely N-dealkylation sites (tertiary alicyclic amines) is 1. The quantitative estimate of drug-likeness (QED) is 0.599. The molecular weight excluding hydrogens is 330 g/mol. The molecule has 0 unspecified atom stereocenters. The highest BCUT2D eigenvalue weighted by molar-refractivity contribution is 7.92. The van der Waals surface area contributed by atoms with Gasteiger partial charge in [0.25, 0.3) is 0 Å². The summed E-state index contributed by atoms with van der Waals surface area (Å²) >= 11 is 5.64. The molecule has 2 rings (SSSR count). The molecule has 0 aliphatic carbocycles. The standard InChI is InChI=1S/C13H18ClN3O4S/c1-13(2,3)21-12(18)17-7-5-9(8-17)22(19,20)10-4-6-15-11(14)16-10/h4,6,9H,5,7-8H2,1-3H3/t9-/m1/s1. The Balaban J connectivity index is 2.11. The Labute approximate surface area is 134 Å². The topological polar surface area (TPSA) is 89.5 Å². The van der Waals surface area contributed by atoms with Crippen molar-refractivity contribution in [1.29, 1.82) is 0 Å². The molecule has 1 aliphatic heterocycles. The fourth-order valence-corrected chi connectivity index (χ4v) is 3.92. The van der Waals surface area contributed by atoms with E-state index in [0.717, 1.165) is 0 Å². The maximum Gasteiger partial charge on any atom is 0.410 e. The molecule has 22 heavy (non-hydrogen) atoms. The van der Waals surface area contributed by atoms with Crippen molar-refractivity contribution in [2.24, 2.45) is 0 Å². The van der Waals surface area contributed by atoms with Gasteiger partial charge in [-0.05, 0) is 44.9 Å². The predicted octanol–water partition coefficient (Wildman–Crippen LogP) is 1.91. The minimum atomic E-state index is -3.66. The van der Waals surface area contributed by atoms with E-state index in [9.17, 15) is 13.2 Å². The van der Waals surface area contributed by atoms with Gasteiger partial charge in [-0.3, -0.25) is 0 Å². The zero-order chi connectivity index (χ0) is 16.5. The highest BCUT2D eigenvalue weighted by Crippen LogP contribution is 2.24.